The van der Waals surface area contributed by atoms with Gasteiger partial charge in [0, 0.05) is 0 Å². The van der Waals surface area contributed by atoms with Crippen molar-refractivity contribution in [2.24, 2.45) is 0 Å². The lowest BCUT2D eigenvalue weighted by Crippen LogP contribution is -2.10. The van der Waals surface area contributed by atoms with Crippen molar-refractivity contribution in [3.05, 3.63) is 53.6 Å². The van der Waals surface area contributed by atoms with Crippen molar-refractivity contribution in [2.45, 2.75) is 19.4 Å². The smallest absolute Gasteiger partial charge is 0.176 e. The zero-order chi connectivity index (χ0) is 13.0. The van der Waals surface area contributed by atoms with E-state index < -0.39 is 0 Å². The van der Waals surface area contributed by atoms with Crippen LogP contribution in [0.4, 0.5) is 0 Å². The summed E-state index contributed by atoms with van der Waals surface area (Å²) in [5.41, 5.74) is 1.62. The standard InChI is InChI=1S/C14H12N4/c1-2-13(11-6-4-3-5-7-11)18-10-17-12(8-15)14(18)9-16/h3-7,10,13H,2H2,1H3/t13-/m0/s1. The third-order valence-corrected chi connectivity index (χ3v) is 2.91. The van der Waals surface area contributed by atoms with Gasteiger partial charge < -0.3 is 4.57 Å². The lowest BCUT2D eigenvalue weighted by Gasteiger charge is -2.17. The zero-order valence-electron chi connectivity index (χ0n) is 10.0. The normalized spacial score (nSPS) is 11.5. The topological polar surface area (TPSA) is 65.4 Å². The molecule has 18 heavy (non-hydrogen) atoms. The average molecular weight is 236 g/mol. The lowest BCUT2D eigenvalue weighted by molar-refractivity contribution is 0.561. The van der Waals surface area contributed by atoms with Gasteiger partial charge in [-0.2, -0.15) is 10.5 Å². The highest BCUT2D eigenvalue weighted by Crippen LogP contribution is 2.24. The summed E-state index contributed by atoms with van der Waals surface area (Å²) in [6.45, 7) is 2.05. The molecule has 0 N–H and O–H groups in total. The number of hydrogen-bond donors (Lipinski definition) is 0. The molecular weight excluding hydrogens is 224 g/mol. The van der Waals surface area contributed by atoms with E-state index >= 15 is 0 Å². The van der Waals surface area contributed by atoms with Crippen LogP contribution in [0.2, 0.25) is 0 Å². The molecule has 0 aliphatic carbocycles. The van der Waals surface area contributed by atoms with Crippen molar-refractivity contribution in [1.82, 2.24) is 9.55 Å². The molecule has 0 saturated heterocycles. The van der Waals surface area contributed by atoms with E-state index in [2.05, 4.69) is 11.1 Å². The van der Waals surface area contributed by atoms with Crippen LogP contribution in [-0.4, -0.2) is 9.55 Å². The highest BCUT2D eigenvalue weighted by molar-refractivity contribution is 5.37. The Labute approximate surface area is 106 Å². The molecule has 88 valence electrons. The summed E-state index contributed by atoms with van der Waals surface area (Å²) in [5, 5.41) is 18.1. The molecule has 1 atom stereocenters. The Kier molecular flexibility index (Phi) is 3.41. The SMILES string of the molecule is CC[C@@H](c1ccccc1)n1cnc(C#N)c1C#N. The molecule has 0 radical (unpaired) electrons. The summed E-state index contributed by atoms with van der Waals surface area (Å²) < 4.78 is 1.77. The minimum atomic E-state index is 0.0375. The van der Waals surface area contributed by atoms with Gasteiger partial charge in [-0.1, -0.05) is 37.3 Å². The fraction of sp³-hybridized carbons (Fsp3) is 0.214. The van der Waals surface area contributed by atoms with Gasteiger partial charge in [0.25, 0.3) is 0 Å². The Morgan fingerprint density at radius 1 is 1.22 bits per heavy atom. The molecule has 0 aliphatic rings. The Morgan fingerprint density at radius 3 is 2.50 bits per heavy atom. The van der Waals surface area contributed by atoms with E-state index in [4.69, 9.17) is 10.5 Å². The monoisotopic (exact) mass is 236 g/mol. The van der Waals surface area contributed by atoms with Gasteiger partial charge in [-0.25, -0.2) is 4.98 Å². The van der Waals surface area contributed by atoms with Crippen molar-refractivity contribution in [1.29, 1.82) is 10.5 Å². The molecule has 1 aromatic heterocycles. The molecule has 0 amide bonds. The summed E-state index contributed by atoms with van der Waals surface area (Å²) in [5.74, 6) is 0. The number of rotatable bonds is 3. The predicted molar refractivity (Wildman–Crippen MR) is 66.5 cm³/mol. The molecule has 0 saturated carbocycles. The maximum Gasteiger partial charge on any atom is 0.176 e. The molecule has 2 aromatic rings. The minimum absolute atomic E-state index is 0.0375. The van der Waals surface area contributed by atoms with Crippen molar-refractivity contribution in [3.63, 3.8) is 0 Å². The fourth-order valence-corrected chi connectivity index (χ4v) is 2.06. The Bertz CT molecular complexity index is 613. The second kappa shape index (κ2) is 5.16. The van der Waals surface area contributed by atoms with Crippen LogP contribution >= 0.6 is 0 Å². The van der Waals surface area contributed by atoms with Gasteiger partial charge in [-0.15, -0.1) is 0 Å². The zero-order valence-corrected chi connectivity index (χ0v) is 10.0. The number of aromatic nitrogens is 2. The van der Waals surface area contributed by atoms with E-state index in [9.17, 15) is 0 Å². The van der Waals surface area contributed by atoms with Crippen molar-refractivity contribution < 1.29 is 0 Å². The average Bonchev–Trinajstić information content (AvgIpc) is 2.83. The van der Waals surface area contributed by atoms with Crippen LogP contribution in [0.25, 0.3) is 0 Å². The van der Waals surface area contributed by atoms with Gasteiger partial charge in [-0.05, 0) is 12.0 Å². The van der Waals surface area contributed by atoms with Crippen LogP contribution in [0, 0.1) is 22.7 Å². The number of nitriles is 2. The number of hydrogen-bond acceptors (Lipinski definition) is 3. The van der Waals surface area contributed by atoms with E-state index in [0.717, 1.165) is 12.0 Å². The van der Waals surface area contributed by atoms with Gasteiger partial charge in [0.05, 0.1) is 12.4 Å². The van der Waals surface area contributed by atoms with Crippen LogP contribution in [0.15, 0.2) is 36.7 Å². The molecule has 0 spiro atoms. The van der Waals surface area contributed by atoms with Crippen LogP contribution < -0.4 is 0 Å². The second-order valence-corrected chi connectivity index (χ2v) is 3.91. The van der Waals surface area contributed by atoms with Crippen molar-refractivity contribution in [2.75, 3.05) is 0 Å². The highest BCUT2D eigenvalue weighted by Gasteiger charge is 2.18. The fourth-order valence-electron chi connectivity index (χ4n) is 2.06. The van der Waals surface area contributed by atoms with Crippen LogP contribution in [0.5, 0.6) is 0 Å². The largest absolute Gasteiger partial charge is 0.314 e. The Hall–Kier alpha value is -2.59. The van der Waals surface area contributed by atoms with E-state index in [-0.39, 0.29) is 11.7 Å². The van der Waals surface area contributed by atoms with E-state index in [1.807, 2.05) is 43.3 Å². The molecule has 4 nitrogen and oxygen atoms in total. The Balaban J connectivity index is 2.51. The van der Waals surface area contributed by atoms with Gasteiger partial charge in [-0.3, -0.25) is 0 Å². The van der Waals surface area contributed by atoms with Crippen LogP contribution in [0.1, 0.15) is 36.3 Å². The summed E-state index contributed by atoms with van der Waals surface area (Å²) in [4.78, 5) is 3.98. The molecule has 2 rings (SSSR count). The third-order valence-electron chi connectivity index (χ3n) is 2.91. The van der Waals surface area contributed by atoms with E-state index in [0.29, 0.717) is 5.69 Å². The second-order valence-electron chi connectivity index (χ2n) is 3.91. The maximum atomic E-state index is 9.15. The Morgan fingerprint density at radius 2 is 1.94 bits per heavy atom. The van der Waals surface area contributed by atoms with Gasteiger partial charge >= 0.3 is 0 Å². The molecule has 0 aliphatic heterocycles. The summed E-state index contributed by atoms with van der Waals surface area (Å²) in [6.07, 6.45) is 2.40. The number of imidazole rings is 1. The number of benzene rings is 1. The van der Waals surface area contributed by atoms with Gasteiger partial charge in [0.2, 0.25) is 0 Å². The summed E-state index contributed by atoms with van der Waals surface area (Å²) >= 11 is 0. The van der Waals surface area contributed by atoms with Crippen molar-refractivity contribution in [3.8, 4) is 12.1 Å². The summed E-state index contributed by atoms with van der Waals surface area (Å²) in [6, 6.07) is 14.0. The van der Waals surface area contributed by atoms with Gasteiger partial charge in [0.15, 0.2) is 11.4 Å². The lowest BCUT2D eigenvalue weighted by atomic mass is 10.0. The first-order chi connectivity index (χ1) is 8.81. The first-order valence-corrected chi connectivity index (χ1v) is 5.73. The maximum absolute atomic E-state index is 9.15. The highest BCUT2D eigenvalue weighted by atomic mass is 15.1. The van der Waals surface area contributed by atoms with Gasteiger partial charge in [0.1, 0.15) is 12.1 Å². The molecule has 0 fully saturated rings. The van der Waals surface area contributed by atoms with E-state index in [1.165, 1.54) is 0 Å². The number of nitrogens with zero attached hydrogens (tertiary/aromatic N) is 4. The summed E-state index contributed by atoms with van der Waals surface area (Å²) in [7, 11) is 0. The molecule has 0 unspecified atom stereocenters. The molecular formula is C14H12N4. The third kappa shape index (κ3) is 1.97. The van der Waals surface area contributed by atoms with E-state index in [1.54, 1.807) is 10.9 Å². The van der Waals surface area contributed by atoms with Crippen molar-refractivity contribution >= 4 is 0 Å². The molecule has 1 aromatic carbocycles. The molecule has 0 bridgehead atoms. The quantitative estimate of drug-likeness (QED) is 0.822. The molecule has 4 heteroatoms. The predicted octanol–water partition coefficient (Wildman–Crippen LogP) is 2.63. The first kappa shape index (κ1) is 11.9. The molecule has 1 heterocycles. The minimum Gasteiger partial charge on any atom is -0.314 e. The van der Waals surface area contributed by atoms with Crippen LogP contribution in [-0.2, 0) is 0 Å². The first-order valence-electron chi connectivity index (χ1n) is 5.73. The van der Waals surface area contributed by atoms with Crippen LogP contribution in [0.3, 0.4) is 0 Å².